The molecule has 5 amide bonds. The van der Waals surface area contributed by atoms with Crippen LogP contribution in [0.15, 0.2) is 47.5 Å². The van der Waals surface area contributed by atoms with Crippen LogP contribution < -0.4 is 20.7 Å². The predicted octanol–water partition coefficient (Wildman–Crippen LogP) is 4.76. The number of rotatable bonds is 28. The molecule has 66 heavy (non-hydrogen) atoms. The molecule has 0 aliphatic carbocycles. The van der Waals surface area contributed by atoms with Gasteiger partial charge in [-0.2, -0.15) is 11.8 Å². The standard InChI is InChI=1S/C46H67FN8O9S2/c1-30(2)37-25-34(47)26-38(31(3)4)39(37)27-43(57)52-66(60,61)36-14-11-33(12-15-36)32(5)54(6)44(58)16-13-35-28-55(53-51-35)18-20-63-22-24-64-23-21-62-19-17-48-42(56)10-8-7-9-41-45-40(29-65-41)49-46(59)50-45/h11-12,14-15,25-26,28,30-32,40-41,45H,7-10,13,16-24,27,29H2,1-6H3,(H,48,56)(H,52,57)(H2,49,50,59)/t32-,40-,41+,45-/m0/s1. The molecule has 0 saturated carbocycles. The molecule has 17 nitrogen and oxygen atoms in total. The Kier molecular flexibility index (Phi) is 20.2. The Bertz CT molecular complexity index is 2160. The van der Waals surface area contributed by atoms with Gasteiger partial charge in [-0.3, -0.25) is 14.4 Å². The van der Waals surface area contributed by atoms with Crippen LogP contribution in [0.4, 0.5) is 9.18 Å². The van der Waals surface area contributed by atoms with Gasteiger partial charge in [-0.15, -0.1) is 5.10 Å². The molecule has 364 valence electrons. The molecule has 3 heterocycles. The first-order valence-corrected chi connectivity index (χ1v) is 25.4. The van der Waals surface area contributed by atoms with Crippen molar-refractivity contribution in [3.63, 3.8) is 0 Å². The van der Waals surface area contributed by atoms with E-state index in [2.05, 4.69) is 31.0 Å². The first-order chi connectivity index (χ1) is 31.5. The van der Waals surface area contributed by atoms with E-state index in [9.17, 15) is 32.0 Å². The normalized spacial score (nSPS) is 17.4. The van der Waals surface area contributed by atoms with E-state index in [1.54, 1.807) is 35.0 Å². The van der Waals surface area contributed by atoms with Gasteiger partial charge in [-0.25, -0.2) is 27.0 Å². The molecular formula is C46H67FN8O9S2. The largest absolute Gasteiger partial charge is 0.377 e. The van der Waals surface area contributed by atoms with Gasteiger partial charge in [0, 0.05) is 50.1 Å². The van der Waals surface area contributed by atoms with Crippen LogP contribution >= 0.6 is 11.8 Å². The third kappa shape index (κ3) is 15.7. The van der Waals surface area contributed by atoms with Gasteiger partial charge < -0.3 is 35.1 Å². The summed E-state index contributed by atoms with van der Waals surface area (Å²) in [5.74, 6) is -0.411. The highest BCUT2D eigenvalue weighted by Gasteiger charge is 2.42. The Morgan fingerprint density at radius 3 is 2.23 bits per heavy atom. The Labute approximate surface area is 392 Å². The lowest BCUT2D eigenvalue weighted by molar-refractivity contribution is -0.131. The minimum absolute atomic E-state index is 0.0138. The summed E-state index contributed by atoms with van der Waals surface area (Å²) in [7, 11) is -2.51. The molecule has 2 aromatic carbocycles. The number of ether oxygens (including phenoxy) is 3. The average molecular weight is 959 g/mol. The van der Waals surface area contributed by atoms with Gasteiger partial charge in [-0.05, 0) is 78.1 Å². The first kappa shape index (κ1) is 52.3. The number of nitrogens with one attached hydrogen (secondary N) is 4. The van der Waals surface area contributed by atoms with Crippen molar-refractivity contribution in [3.05, 3.63) is 76.4 Å². The van der Waals surface area contributed by atoms with Crippen molar-refractivity contribution in [2.75, 3.05) is 59.0 Å². The zero-order chi connectivity index (χ0) is 47.8. The van der Waals surface area contributed by atoms with Gasteiger partial charge in [0.15, 0.2) is 0 Å². The summed E-state index contributed by atoms with van der Waals surface area (Å²) in [6.07, 6.45) is 5.37. The molecule has 2 aliphatic rings. The van der Waals surface area contributed by atoms with Crippen molar-refractivity contribution in [1.82, 2.24) is 40.6 Å². The van der Waals surface area contributed by atoms with Crippen molar-refractivity contribution in [2.45, 2.75) is 126 Å². The van der Waals surface area contributed by atoms with E-state index in [1.807, 2.05) is 46.4 Å². The van der Waals surface area contributed by atoms with Gasteiger partial charge >= 0.3 is 6.03 Å². The lowest BCUT2D eigenvalue weighted by Crippen LogP contribution is -2.36. The zero-order valence-corrected chi connectivity index (χ0v) is 40.6. The number of amides is 5. The highest BCUT2D eigenvalue weighted by molar-refractivity contribution is 8.00. The molecule has 0 bridgehead atoms. The van der Waals surface area contributed by atoms with Gasteiger partial charge in [0.05, 0.1) is 81.3 Å². The van der Waals surface area contributed by atoms with Crippen molar-refractivity contribution >= 4 is 45.5 Å². The van der Waals surface area contributed by atoms with Crippen molar-refractivity contribution in [1.29, 1.82) is 0 Å². The van der Waals surface area contributed by atoms with Crippen LogP contribution in [0, 0.1) is 5.82 Å². The molecule has 20 heteroatoms. The summed E-state index contributed by atoms with van der Waals surface area (Å²) >= 11 is 1.89. The minimum atomic E-state index is -4.20. The molecule has 0 radical (unpaired) electrons. The Morgan fingerprint density at radius 2 is 1.56 bits per heavy atom. The van der Waals surface area contributed by atoms with Gasteiger partial charge in [0.25, 0.3) is 10.0 Å². The number of fused-ring (bicyclic) bond motifs is 1. The monoisotopic (exact) mass is 958 g/mol. The van der Waals surface area contributed by atoms with Gasteiger partial charge in [0.2, 0.25) is 17.7 Å². The fourth-order valence-corrected chi connectivity index (χ4v) is 10.5. The van der Waals surface area contributed by atoms with E-state index < -0.39 is 21.7 Å². The third-order valence-corrected chi connectivity index (χ3v) is 14.7. The lowest BCUT2D eigenvalue weighted by atomic mass is 9.87. The number of halogens is 1. The molecule has 3 aromatic rings. The summed E-state index contributed by atoms with van der Waals surface area (Å²) in [5.41, 5.74) is 3.35. The quantitative estimate of drug-likeness (QED) is 0.0574. The minimum Gasteiger partial charge on any atom is -0.377 e. The number of sulfonamides is 1. The van der Waals surface area contributed by atoms with Crippen LogP contribution in [-0.2, 0) is 58.0 Å². The molecule has 4 N–H and O–H groups in total. The topological polar surface area (TPSA) is 212 Å². The van der Waals surface area contributed by atoms with Gasteiger partial charge in [0.1, 0.15) is 5.82 Å². The molecule has 2 saturated heterocycles. The maximum atomic E-state index is 14.4. The van der Waals surface area contributed by atoms with Crippen molar-refractivity contribution in [2.24, 2.45) is 0 Å². The molecule has 0 spiro atoms. The van der Waals surface area contributed by atoms with Crippen LogP contribution in [0.2, 0.25) is 0 Å². The molecule has 2 aliphatic heterocycles. The summed E-state index contributed by atoms with van der Waals surface area (Å²) in [6.45, 7) is 12.8. The number of unbranched alkanes of at least 4 members (excludes halogenated alkanes) is 1. The first-order valence-electron chi connectivity index (χ1n) is 22.8. The van der Waals surface area contributed by atoms with Crippen LogP contribution in [-0.4, -0.2) is 128 Å². The van der Waals surface area contributed by atoms with Gasteiger partial charge in [-0.1, -0.05) is 51.5 Å². The summed E-state index contributed by atoms with van der Waals surface area (Å²) in [4.78, 5) is 51.4. The number of nitrogens with zero attached hydrogens (tertiary/aromatic N) is 4. The molecule has 2 fully saturated rings. The Balaban J connectivity index is 0.892. The number of hydrogen-bond acceptors (Lipinski definition) is 12. The molecule has 1 aromatic heterocycles. The average Bonchev–Trinajstić information content (AvgIpc) is 4.00. The summed E-state index contributed by atoms with van der Waals surface area (Å²) < 4.78 is 61.4. The Morgan fingerprint density at radius 1 is 0.909 bits per heavy atom. The van der Waals surface area contributed by atoms with Crippen LogP contribution in [0.5, 0.6) is 0 Å². The highest BCUT2D eigenvalue weighted by atomic mass is 32.2. The van der Waals surface area contributed by atoms with Crippen LogP contribution in [0.25, 0.3) is 0 Å². The number of hydrogen-bond donors (Lipinski definition) is 4. The van der Waals surface area contributed by atoms with Crippen LogP contribution in [0.1, 0.15) is 113 Å². The van der Waals surface area contributed by atoms with Crippen LogP contribution in [0.3, 0.4) is 0 Å². The number of carbonyl (C=O) groups is 4. The smallest absolute Gasteiger partial charge is 0.315 e. The van der Waals surface area contributed by atoms with E-state index in [0.29, 0.717) is 98.8 Å². The predicted molar refractivity (Wildman–Crippen MR) is 249 cm³/mol. The van der Waals surface area contributed by atoms with Crippen molar-refractivity contribution in [3.8, 4) is 0 Å². The molecule has 5 rings (SSSR count). The zero-order valence-electron chi connectivity index (χ0n) is 39.0. The number of benzene rings is 2. The Hall–Kier alpha value is -4.63. The second kappa shape index (κ2) is 25.5. The van der Waals surface area contributed by atoms with Crippen molar-refractivity contribution < 1.29 is 46.2 Å². The highest BCUT2D eigenvalue weighted by Crippen LogP contribution is 2.33. The maximum Gasteiger partial charge on any atom is 0.315 e. The third-order valence-electron chi connectivity index (χ3n) is 11.8. The molecular weight excluding hydrogens is 892 g/mol. The van der Waals surface area contributed by atoms with E-state index >= 15 is 0 Å². The fourth-order valence-electron chi connectivity index (χ4n) is 7.98. The number of carbonyl (C=O) groups excluding carboxylic acids is 4. The lowest BCUT2D eigenvalue weighted by Gasteiger charge is -2.25. The number of thioether (sulfide) groups is 1. The second-order valence-electron chi connectivity index (χ2n) is 17.4. The molecule has 4 atom stereocenters. The fraction of sp³-hybridized carbons (Fsp3) is 0.609. The van der Waals surface area contributed by atoms with E-state index in [1.165, 1.54) is 24.3 Å². The van der Waals surface area contributed by atoms with E-state index in [0.717, 1.165) is 25.0 Å². The SMILES string of the molecule is CC(C)c1cc(F)cc(C(C)C)c1CC(=O)NS(=O)(=O)c1ccc([C@H](C)N(C)C(=O)CCc2cn(CCOCCOCCOCCNC(=O)CCCC[C@H]3SC[C@@H]4NC(=O)N[C@@H]43)nn2)cc1. The number of aromatic nitrogens is 3. The van der Waals surface area contributed by atoms with E-state index in [-0.39, 0.29) is 65.5 Å². The molecule has 0 unspecified atom stereocenters. The number of urea groups is 1. The maximum absolute atomic E-state index is 14.4. The number of aryl methyl sites for hydroxylation is 1. The second-order valence-corrected chi connectivity index (χ2v) is 20.3. The summed E-state index contributed by atoms with van der Waals surface area (Å²) in [6, 6.07) is 8.83. The van der Waals surface area contributed by atoms with E-state index in [4.69, 9.17) is 14.2 Å². The summed E-state index contributed by atoms with van der Waals surface area (Å²) in [5, 5.41) is 17.6.